The number of nitrogens with one attached hydrogen (secondary N) is 1. The second-order valence-corrected chi connectivity index (χ2v) is 5.24. The van der Waals surface area contributed by atoms with Gasteiger partial charge in [0.1, 0.15) is 6.04 Å². The average Bonchev–Trinajstić information content (AvgIpc) is 2.96. The van der Waals surface area contributed by atoms with Crippen LogP contribution in [0.3, 0.4) is 0 Å². The van der Waals surface area contributed by atoms with Crippen LogP contribution in [-0.2, 0) is 11.3 Å². The number of fused-ring (bicyclic) bond motifs is 1. The fraction of sp³-hybridized carbons (Fsp3) is 0.400. The summed E-state index contributed by atoms with van der Waals surface area (Å²) in [6, 6.07) is 7.87. The number of aliphatic carboxylic acids is 1. The first-order valence-corrected chi connectivity index (χ1v) is 6.70. The SMILES string of the molecule is Cc1[nH]c2ccccc2c1CN1CCC[C@H]1C(=O)O. The molecule has 1 aromatic carbocycles. The molecule has 1 fully saturated rings. The lowest BCUT2D eigenvalue weighted by molar-refractivity contribution is -0.142. The van der Waals surface area contributed by atoms with Crippen LogP contribution in [0, 0.1) is 6.92 Å². The van der Waals surface area contributed by atoms with Crippen molar-refractivity contribution in [3.8, 4) is 0 Å². The van der Waals surface area contributed by atoms with Crippen molar-refractivity contribution >= 4 is 16.9 Å². The molecule has 1 aliphatic heterocycles. The maximum absolute atomic E-state index is 11.2. The van der Waals surface area contributed by atoms with Gasteiger partial charge in [-0.1, -0.05) is 18.2 Å². The van der Waals surface area contributed by atoms with Crippen LogP contribution in [0.25, 0.3) is 10.9 Å². The molecule has 1 atom stereocenters. The van der Waals surface area contributed by atoms with E-state index < -0.39 is 5.97 Å². The minimum Gasteiger partial charge on any atom is -0.480 e. The maximum atomic E-state index is 11.2. The zero-order chi connectivity index (χ0) is 13.4. The molecule has 2 aromatic rings. The Bertz CT molecular complexity index is 618. The van der Waals surface area contributed by atoms with Crippen LogP contribution in [0.5, 0.6) is 0 Å². The van der Waals surface area contributed by atoms with Gasteiger partial charge in [0.05, 0.1) is 0 Å². The van der Waals surface area contributed by atoms with E-state index >= 15 is 0 Å². The summed E-state index contributed by atoms with van der Waals surface area (Å²) < 4.78 is 0. The monoisotopic (exact) mass is 258 g/mol. The second kappa shape index (κ2) is 4.70. The van der Waals surface area contributed by atoms with Crippen molar-refractivity contribution in [2.75, 3.05) is 6.54 Å². The van der Waals surface area contributed by atoms with Crippen LogP contribution in [0.4, 0.5) is 0 Å². The van der Waals surface area contributed by atoms with Crippen molar-refractivity contribution in [1.29, 1.82) is 0 Å². The van der Waals surface area contributed by atoms with E-state index in [0.29, 0.717) is 6.54 Å². The van der Waals surface area contributed by atoms with Gasteiger partial charge < -0.3 is 10.1 Å². The highest BCUT2D eigenvalue weighted by Gasteiger charge is 2.31. The Kier molecular flexibility index (Phi) is 3.03. The van der Waals surface area contributed by atoms with E-state index in [0.717, 1.165) is 30.6 Å². The highest BCUT2D eigenvalue weighted by molar-refractivity contribution is 5.84. The normalized spacial score (nSPS) is 20.2. The topological polar surface area (TPSA) is 56.3 Å². The lowest BCUT2D eigenvalue weighted by Gasteiger charge is -2.21. The Morgan fingerprint density at radius 1 is 1.47 bits per heavy atom. The van der Waals surface area contributed by atoms with Gasteiger partial charge in [-0.25, -0.2) is 0 Å². The standard InChI is InChI=1S/C15H18N2O2/c1-10-12(11-5-2-3-6-13(11)16-10)9-17-8-4-7-14(17)15(18)19/h2-3,5-6,14,16H,4,7-9H2,1H3,(H,18,19)/t14-/m0/s1. The van der Waals surface area contributed by atoms with Gasteiger partial charge in [-0.3, -0.25) is 9.69 Å². The third kappa shape index (κ3) is 2.12. The summed E-state index contributed by atoms with van der Waals surface area (Å²) in [5.41, 5.74) is 3.49. The molecule has 3 rings (SSSR count). The number of hydrogen-bond donors (Lipinski definition) is 2. The van der Waals surface area contributed by atoms with Gasteiger partial charge in [-0.15, -0.1) is 0 Å². The molecule has 0 bridgehead atoms. The van der Waals surface area contributed by atoms with E-state index in [9.17, 15) is 9.90 Å². The summed E-state index contributed by atoms with van der Waals surface area (Å²) in [5, 5.41) is 10.5. The Balaban J connectivity index is 1.93. The molecule has 1 saturated heterocycles. The molecular weight excluding hydrogens is 240 g/mol. The number of para-hydroxylation sites is 1. The number of carbonyl (C=O) groups is 1. The van der Waals surface area contributed by atoms with Crippen LogP contribution in [-0.4, -0.2) is 33.5 Å². The molecule has 1 aromatic heterocycles. The number of likely N-dealkylation sites (tertiary alicyclic amines) is 1. The van der Waals surface area contributed by atoms with Gasteiger partial charge in [-0.2, -0.15) is 0 Å². The highest BCUT2D eigenvalue weighted by Crippen LogP contribution is 2.27. The summed E-state index contributed by atoms with van der Waals surface area (Å²) in [7, 11) is 0. The van der Waals surface area contributed by atoms with Crippen molar-refractivity contribution < 1.29 is 9.90 Å². The zero-order valence-electron chi connectivity index (χ0n) is 11.0. The third-order valence-corrected chi connectivity index (χ3v) is 4.04. The van der Waals surface area contributed by atoms with E-state index in [-0.39, 0.29) is 6.04 Å². The number of nitrogens with zero attached hydrogens (tertiary/aromatic N) is 1. The largest absolute Gasteiger partial charge is 0.480 e. The zero-order valence-corrected chi connectivity index (χ0v) is 11.0. The van der Waals surface area contributed by atoms with E-state index in [1.165, 1.54) is 10.9 Å². The summed E-state index contributed by atoms with van der Waals surface area (Å²) in [6.07, 6.45) is 1.73. The van der Waals surface area contributed by atoms with Gasteiger partial charge in [0.15, 0.2) is 0 Å². The van der Waals surface area contributed by atoms with Crippen LogP contribution in [0.1, 0.15) is 24.1 Å². The van der Waals surface area contributed by atoms with Gasteiger partial charge >= 0.3 is 5.97 Å². The quantitative estimate of drug-likeness (QED) is 0.889. The van der Waals surface area contributed by atoms with Crippen LogP contribution >= 0.6 is 0 Å². The minimum absolute atomic E-state index is 0.326. The molecule has 0 saturated carbocycles. The molecule has 2 heterocycles. The first kappa shape index (κ1) is 12.2. The maximum Gasteiger partial charge on any atom is 0.320 e. The molecule has 2 N–H and O–H groups in total. The first-order chi connectivity index (χ1) is 9.16. The van der Waals surface area contributed by atoms with E-state index in [1.54, 1.807) is 0 Å². The molecular formula is C15H18N2O2. The predicted octanol–water partition coefficient (Wildman–Crippen LogP) is 2.53. The molecule has 19 heavy (non-hydrogen) atoms. The van der Waals surface area contributed by atoms with Crippen molar-refractivity contribution in [3.05, 3.63) is 35.5 Å². The number of rotatable bonds is 3. The van der Waals surface area contributed by atoms with E-state index in [1.807, 2.05) is 12.1 Å². The Labute approximate surface area is 112 Å². The predicted molar refractivity (Wildman–Crippen MR) is 74.1 cm³/mol. The first-order valence-electron chi connectivity index (χ1n) is 6.70. The van der Waals surface area contributed by atoms with Gasteiger partial charge in [0.25, 0.3) is 0 Å². The van der Waals surface area contributed by atoms with Crippen LogP contribution in [0.2, 0.25) is 0 Å². The highest BCUT2D eigenvalue weighted by atomic mass is 16.4. The number of hydrogen-bond acceptors (Lipinski definition) is 2. The Hall–Kier alpha value is -1.81. The van der Waals surface area contributed by atoms with Gasteiger partial charge in [0.2, 0.25) is 0 Å². The summed E-state index contributed by atoms with van der Waals surface area (Å²) >= 11 is 0. The van der Waals surface area contributed by atoms with Crippen LogP contribution < -0.4 is 0 Å². The number of carboxylic acid groups (broad SMARTS) is 1. The van der Waals surface area contributed by atoms with Crippen LogP contribution in [0.15, 0.2) is 24.3 Å². The number of aryl methyl sites for hydroxylation is 1. The van der Waals surface area contributed by atoms with Crippen molar-refractivity contribution in [3.63, 3.8) is 0 Å². The number of H-pyrrole nitrogens is 1. The molecule has 0 radical (unpaired) electrons. The molecule has 100 valence electrons. The van der Waals surface area contributed by atoms with Gasteiger partial charge in [0, 0.05) is 23.1 Å². The fourth-order valence-corrected chi connectivity index (χ4v) is 3.04. The lowest BCUT2D eigenvalue weighted by Crippen LogP contribution is -2.35. The third-order valence-electron chi connectivity index (χ3n) is 4.04. The number of aromatic nitrogens is 1. The van der Waals surface area contributed by atoms with Crippen molar-refractivity contribution in [2.45, 2.75) is 32.4 Å². The number of aromatic amines is 1. The molecule has 0 amide bonds. The molecule has 0 aliphatic carbocycles. The molecule has 0 spiro atoms. The number of benzene rings is 1. The van der Waals surface area contributed by atoms with Crippen molar-refractivity contribution in [2.24, 2.45) is 0 Å². The summed E-state index contributed by atoms with van der Waals surface area (Å²) in [6.45, 7) is 3.64. The molecule has 4 heteroatoms. The molecule has 1 aliphatic rings. The molecule has 4 nitrogen and oxygen atoms in total. The lowest BCUT2D eigenvalue weighted by atomic mass is 10.1. The average molecular weight is 258 g/mol. The Morgan fingerprint density at radius 2 is 2.26 bits per heavy atom. The smallest absolute Gasteiger partial charge is 0.320 e. The molecule has 0 unspecified atom stereocenters. The number of carboxylic acids is 1. The second-order valence-electron chi connectivity index (χ2n) is 5.24. The fourth-order valence-electron chi connectivity index (χ4n) is 3.04. The minimum atomic E-state index is -0.699. The van der Waals surface area contributed by atoms with Gasteiger partial charge in [-0.05, 0) is 37.9 Å². The summed E-state index contributed by atoms with van der Waals surface area (Å²) in [5.74, 6) is -0.699. The Morgan fingerprint density at radius 3 is 3.05 bits per heavy atom. The van der Waals surface area contributed by atoms with E-state index in [4.69, 9.17) is 0 Å². The summed E-state index contributed by atoms with van der Waals surface area (Å²) in [4.78, 5) is 16.7. The van der Waals surface area contributed by atoms with E-state index in [2.05, 4.69) is 28.9 Å². The van der Waals surface area contributed by atoms with Crippen molar-refractivity contribution in [1.82, 2.24) is 9.88 Å².